The molecule has 10 nitrogen and oxygen atoms in total. The van der Waals surface area contributed by atoms with E-state index >= 15 is 0 Å². The van der Waals surface area contributed by atoms with E-state index in [-0.39, 0.29) is 12.9 Å². The number of carboxylic acid groups (broad SMARTS) is 2. The van der Waals surface area contributed by atoms with E-state index in [1.54, 1.807) is 12.5 Å². The van der Waals surface area contributed by atoms with Crippen LogP contribution in [0, 0.1) is 6.92 Å². The predicted octanol–water partition coefficient (Wildman–Crippen LogP) is 2.10. The molecule has 0 aliphatic carbocycles. The Morgan fingerprint density at radius 1 is 1.07 bits per heavy atom. The van der Waals surface area contributed by atoms with Crippen molar-refractivity contribution in [2.24, 2.45) is 0 Å². The highest BCUT2D eigenvalue weighted by molar-refractivity contribution is 5.50. The average molecular weight is 404 g/mol. The number of rotatable bonds is 6. The summed E-state index contributed by atoms with van der Waals surface area (Å²) in [4.78, 5) is 31.9. The molecule has 0 spiro atoms. The number of nitrogens with one attached hydrogen (secondary N) is 2. The van der Waals surface area contributed by atoms with E-state index in [2.05, 4.69) is 37.4 Å². The molecule has 1 fully saturated rings. The highest BCUT2D eigenvalue weighted by Crippen LogP contribution is 2.19. The van der Waals surface area contributed by atoms with Crippen LogP contribution in [0.3, 0.4) is 0 Å². The Hall–Kier alpha value is -3.43. The van der Waals surface area contributed by atoms with Gasteiger partial charge in [0.05, 0.1) is 0 Å². The minimum atomic E-state index is -0.250. The van der Waals surface area contributed by atoms with Gasteiger partial charge in [0, 0.05) is 50.3 Å². The fourth-order valence-corrected chi connectivity index (χ4v) is 2.80. The highest BCUT2D eigenvalue weighted by atomic mass is 16.3. The number of anilines is 3. The number of hydrogen-bond acceptors (Lipinski definition) is 8. The first-order valence-electron chi connectivity index (χ1n) is 9.27. The zero-order chi connectivity index (χ0) is 21.3. The first kappa shape index (κ1) is 23.6. The van der Waals surface area contributed by atoms with Crippen LogP contribution >= 0.6 is 0 Å². The minimum Gasteiger partial charge on any atom is -0.483 e. The topological polar surface area (TPSA) is 141 Å². The molecule has 4 N–H and O–H groups in total. The third-order valence-electron chi connectivity index (χ3n) is 4.10. The zero-order valence-electron chi connectivity index (χ0n) is 16.5. The second-order valence-corrected chi connectivity index (χ2v) is 6.06. The Bertz CT molecular complexity index is 719. The summed E-state index contributed by atoms with van der Waals surface area (Å²) in [5, 5.41) is 20.5. The molecule has 0 radical (unpaired) electrons. The van der Waals surface area contributed by atoms with Crippen LogP contribution in [0.4, 0.5) is 17.3 Å². The number of aromatic nitrogens is 3. The Labute approximate surface area is 170 Å². The van der Waals surface area contributed by atoms with Crippen LogP contribution in [0.25, 0.3) is 0 Å². The summed E-state index contributed by atoms with van der Waals surface area (Å²) in [7, 11) is 0. The van der Waals surface area contributed by atoms with Gasteiger partial charge in [-0.1, -0.05) is 0 Å². The number of pyridine rings is 1. The maximum Gasteiger partial charge on any atom is 0.290 e. The average Bonchev–Trinajstić information content (AvgIpc) is 2.74. The Balaban J connectivity index is 0.000000626. The van der Waals surface area contributed by atoms with Crippen molar-refractivity contribution in [2.45, 2.75) is 26.2 Å². The van der Waals surface area contributed by atoms with Crippen LogP contribution in [0.15, 0.2) is 30.9 Å². The van der Waals surface area contributed by atoms with Crippen molar-refractivity contribution in [3.05, 3.63) is 36.4 Å². The van der Waals surface area contributed by atoms with Gasteiger partial charge < -0.3 is 25.7 Å². The third kappa shape index (κ3) is 9.36. The lowest BCUT2D eigenvalue weighted by atomic mass is 10.1. The molecule has 10 heteroatoms. The number of carbonyl (C=O) groups is 2. The second-order valence-electron chi connectivity index (χ2n) is 6.06. The van der Waals surface area contributed by atoms with Crippen LogP contribution in [-0.2, 0) is 9.59 Å². The lowest BCUT2D eigenvalue weighted by molar-refractivity contribution is -0.123. The molecule has 158 valence electrons. The summed E-state index contributed by atoms with van der Waals surface area (Å²) in [5.41, 5.74) is 2.28. The van der Waals surface area contributed by atoms with Crippen molar-refractivity contribution < 1.29 is 19.8 Å². The lowest BCUT2D eigenvalue weighted by Gasteiger charge is -2.27. The molecule has 3 rings (SSSR count). The van der Waals surface area contributed by atoms with Crippen LogP contribution < -0.4 is 15.5 Å². The molecule has 0 aromatic carbocycles. The molecule has 0 amide bonds. The molecule has 1 aliphatic rings. The molecule has 2 aromatic heterocycles. The molecule has 0 atom stereocenters. The predicted molar refractivity (Wildman–Crippen MR) is 111 cm³/mol. The standard InChI is InChI=1S/C17H24N6.2CH2O2/c1-14-12-18-6-5-15(14)19-7-8-20-16-11-17(22-13-21-16)23-9-3-2-4-10-23;2*2-1-3/h5-6,11-13H,2-4,7-10H2,1H3,(H,18,19)(H,20,21,22);2*1H,(H,2,3). The van der Waals surface area contributed by atoms with E-state index in [1.807, 2.05) is 18.3 Å². The van der Waals surface area contributed by atoms with Crippen molar-refractivity contribution in [1.82, 2.24) is 15.0 Å². The summed E-state index contributed by atoms with van der Waals surface area (Å²) in [6, 6.07) is 4.04. The fourth-order valence-electron chi connectivity index (χ4n) is 2.80. The van der Waals surface area contributed by atoms with Gasteiger partial charge in [0.25, 0.3) is 12.9 Å². The lowest BCUT2D eigenvalue weighted by Crippen LogP contribution is -2.30. The van der Waals surface area contributed by atoms with E-state index in [0.717, 1.165) is 49.1 Å². The summed E-state index contributed by atoms with van der Waals surface area (Å²) in [6.45, 7) is 5.38. The molecule has 0 bridgehead atoms. The van der Waals surface area contributed by atoms with Crippen LogP contribution in [0.2, 0.25) is 0 Å². The molecule has 0 unspecified atom stereocenters. The molecule has 29 heavy (non-hydrogen) atoms. The Morgan fingerprint density at radius 3 is 2.38 bits per heavy atom. The fraction of sp³-hybridized carbons (Fsp3) is 0.421. The van der Waals surface area contributed by atoms with E-state index in [1.165, 1.54) is 19.3 Å². The van der Waals surface area contributed by atoms with E-state index in [0.29, 0.717) is 0 Å². The van der Waals surface area contributed by atoms with Crippen LogP contribution in [-0.4, -0.2) is 64.3 Å². The summed E-state index contributed by atoms with van der Waals surface area (Å²) in [6.07, 6.45) is 9.15. The number of nitrogens with zero attached hydrogens (tertiary/aromatic N) is 4. The molecule has 0 saturated carbocycles. The minimum absolute atomic E-state index is 0.250. The maximum absolute atomic E-state index is 8.36. The third-order valence-corrected chi connectivity index (χ3v) is 4.10. The molecule has 1 aliphatic heterocycles. The first-order chi connectivity index (χ1) is 14.2. The summed E-state index contributed by atoms with van der Waals surface area (Å²) in [5.74, 6) is 1.91. The summed E-state index contributed by atoms with van der Waals surface area (Å²) < 4.78 is 0. The van der Waals surface area contributed by atoms with E-state index < -0.39 is 0 Å². The quantitative estimate of drug-likeness (QED) is 0.418. The van der Waals surface area contributed by atoms with E-state index in [4.69, 9.17) is 19.8 Å². The molecular formula is C19H28N6O4. The van der Waals surface area contributed by atoms with Gasteiger partial charge in [-0.05, 0) is 37.8 Å². The number of hydrogen-bond donors (Lipinski definition) is 4. The van der Waals surface area contributed by atoms with Crippen molar-refractivity contribution in [2.75, 3.05) is 41.7 Å². The van der Waals surface area contributed by atoms with E-state index in [9.17, 15) is 0 Å². The number of aryl methyl sites for hydroxylation is 1. The maximum atomic E-state index is 8.36. The van der Waals surface area contributed by atoms with Crippen LogP contribution in [0.5, 0.6) is 0 Å². The highest BCUT2D eigenvalue weighted by Gasteiger charge is 2.12. The monoisotopic (exact) mass is 404 g/mol. The smallest absolute Gasteiger partial charge is 0.290 e. The van der Waals surface area contributed by atoms with Gasteiger partial charge in [-0.3, -0.25) is 14.6 Å². The van der Waals surface area contributed by atoms with Crippen molar-refractivity contribution in [3.63, 3.8) is 0 Å². The van der Waals surface area contributed by atoms with Gasteiger partial charge in [0.1, 0.15) is 18.0 Å². The van der Waals surface area contributed by atoms with Gasteiger partial charge in [0.15, 0.2) is 0 Å². The molecular weight excluding hydrogens is 376 g/mol. The van der Waals surface area contributed by atoms with Crippen molar-refractivity contribution >= 4 is 30.3 Å². The Morgan fingerprint density at radius 2 is 1.72 bits per heavy atom. The van der Waals surface area contributed by atoms with Gasteiger partial charge in [0.2, 0.25) is 0 Å². The number of piperidine rings is 1. The van der Waals surface area contributed by atoms with Crippen LogP contribution in [0.1, 0.15) is 24.8 Å². The second kappa shape index (κ2) is 14.6. The molecule has 3 heterocycles. The van der Waals surface area contributed by atoms with Crippen molar-refractivity contribution in [3.8, 4) is 0 Å². The molecule has 1 saturated heterocycles. The largest absolute Gasteiger partial charge is 0.483 e. The normalized spacial score (nSPS) is 12.4. The molecule has 2 aromatic rings. The van der Waals surface area contributed by atoms with Gasteiger partial charge in [-0.25, -0.2) is 9.97 Å². The SMILES string of the molecule is Cc1cnccc1NCCNc1cc(N2CCCCC2)ncn1.O=CO.O=CO. The van der Waals surface area contributed by atoms with Gasteiger partial charge >= 0.3 is 0 Å². The van der Waals surface area contributed by atoms with Gasteiger partial charge in [-0.15, -0.1) is 0 Å². The van der Waals surface area contributed by atoms with Crippen molar-refractivity contribution in [1.29, 1.82) is 0 Å². The van der Waals surface area contributed by atoms with Gasteiger partial charge in [-0.2, -0.15) is 0 Å². The zero-order valence-corrected chi connectivity index (χ0v) is 16.5. The Kier molecular flexibility index (Phi) is 11.9. The summed E-state index contributed by atoms with van der Waals surface area (Å²) >= 11 is 0. The first-order valence-corrected chi connectivity index (χ1v) is 9.27.